The van der Waals surface area contributed by atoms with Gasteiger partial charge in [-0.2, -0.15) is 18.3 Å². The number of carbonyl (C=O) groups excluding carboxylic acids is 1. The lowest BCUT2D eigenvalue weighted by Crippen LogP contribution is -2.24. The first-order chi connectivity index (χ1) is 14.9. The van der Waals surface area contributed by atoms with E-state index in [1.807, 2.05) is 0 Å². The van der Waals surface area contributed by atoms with Crippen molar-refractivity contribution in [3.63, 3.8) is 0 Å². The molecule has 0 saturated carbocycles. The minimum atomic E-state index is -4.54. The molecule has 0 saturated heterocycles. The van der Waals surface area contributed by atoms with Gasteiger partial charge < -0.3 is 5.32 Å². The third kappa shape index (κ3) is 4.13. The van der Waals surface area contributed by atoms with Gasteiger partial charge in [0.1, 0.15) is 11.4 Å². The predicted molar refractivity (Wildman–Crippen MR) is 107 cm³/mol. The summed E-state index contributed by atoms with van der Waals surface area (Å²) in [6.07, 6.45) is 1.56. The van der Waals surface area contributed by atoms with Crippen LogP contribution in [0.15, 0.2) is 67.6 Å². The van der Waals surface area contributed by atoms with E-state index in [1.54, 1.807) is 30.5 Å². The maximum Gasteiger partial charge on any atom is 0.433 e. The molecule has 1 amide bonds. The Bertz CT molecular complexity index is 1280. The maximum atomic E-state index is 13.0. The fraction of sp³-hybridized carbons (Fsp3) is 0.0952. The number of hydrogen-bond donors (Lipinski definition) is 1. The molecular formula is C21H15F3N6O. The van der Waals surface area contributed by atoms with Gasteiger partial charge in [0.05, 0.1) is 17.4 Å². The molecule has 0 fully saturated rings. The molecule has 0 aliphatic rings. The van der Waals surface area contributed by atoms with Crippen LogP contribution in [0.1, 0.15) is 16.2 Å². The summed E-state index contributed by atoms with van der Waals surface area (Å²) in [5.74, 6) is -0.0127. The van der Waals surface area contributed by atoms with Crippen LogP contribution < -0.4 is 5.32 Å². The largest absolute Gasteiger partial charge is 0.433 e. The van der Waals surface area contributed by atoms with Gasteiger partial charge >= 0.3 is 6.18 Å². The van der Waals surface area contributed by atoms with Gasteiger partial charge in [0.25, 0.3) is 5.91 Å². The molecule has 1 N–H and O–H groups in total. The lowest BCUT2D eigenvalue weighted by Gasteiger charge is -2.09. The Morgan fingerprint density at radius 1 is 1.16 bits per heavy atom. The molecule has 31 heavy (non-hydrogen) atoms. The number of carbonyl (C=O) groups is 1. The van der Waals surface area contributed by atoms with Crippen molar-refractivity contribution in [1.29, 1.82) is 0 Å². The number of nitrogens with zero attached hydrogens (tertiary/aromatic N) is 5. The summed E-state index contributed by atoms with van der Waals surface area (Å²) in [5, 5.41) is 7.33. The summed E-state index contributed by atoms with van der Waals surface area (Å²) >= 11 is 0. The molecule has 156 valence electrons. The van der Waals surface area contributed by atoms with Crippen LogP contribution in [0, 0.1) is 0 Å². The van der Waals surface area contributed by atoms with Crippen molar-refractivity contribution in [2.45, 2.75) is 6.18 Å². The van der Waals surface area contributed by atoms with E-state index in [0.717, 1.165) is 6.07 Å². The molecule has 0 aliphatic carbocycles. The van der Waals surface area contributed by atoms with Crippen LogP contribution in [0.25, 0.3) is 28.0 Å². The van der Waals surface area contributed by atoms with E-state index in [0.29, 0.717) is 29.0 Å². The molecule has 0 atom stereocenters. The average Bonchev–Trinajstić information content (AvgIpc) is 3.26. The normalized spacial score (nSPS) is 11.5. The summed E-state index contributed by atoms with van der Waals surface area (Å²) < 4.78 is 40.3. The molecule has 4 aromatic heterocycles. The number of aromatic nitrogens is 5. The number of pyridine rings is 3. The first-order valence-corrected chi connectivity index (χ1v) is 9.11. The van der Waals surface area contributed by atoms with Gasteiger partial charge in [-0.3, -0.25) is 4.79 Å². The number of fused-ring (bicyclic) bond motifs is 1. The van der Waals surface area contributed by atoms with Crippen molar-refractivity contribution < 1.29 is 18.0 Å². The zero-order chi connectivity index (χ0) is 22.0. The number of halogens is 3. The maximum absolute atomic E-state index is 13.0. The van der Waals surface area contributed by atoms with Gasteiger partial charge in [-0.05, 0) is 30.3 Å². The highest BCUT2D eigenvalue weighted by Gasteiger charge is 2.32. The fourth-order valence-electron chi connectivity index (χ4n) is 2.93. The van der Waals surface area contributed by atoms with Crippen LogP contribution in [-0.4, -0.2) is 37.2 Å². The molecule has 0 aliphatic heterocycles. The highest BCUT2D eigenvalue weighted by Crippen LogP contribution is 2.30. The molecule has 0 unspecified atom stereocenters. The quantitative estimate of drug-likeness (QED) is 0.493. The Kier molecular flexibility index (Phi) is 5.20. The topological polar surface area (TPSA) is 85.6 Å². The van der Waals surface area contributed by atoms with Gasteiger partial charge in [-0.25, -0.2) is 19.6 Å². The molecule has 0 bridgehead atoms. The van der Waals surface area contributed by atoms with Crippen molar-refractivity contribution >= 4 is 16.8 Å². The molecule has 10 heteroatoms. The van der Waals surface area contributed by atoms with Crippen LogP contribution in [0.2, 0.25) is 0 Å². The zero-order valence-corrected chi connectivity index (χ0v) is 16.0. The highest BCUT2D eigenvalue weighted by atomic mass is 19.4. The minimum Gasteiger partial charge on any atom is -0.347 e. The first-order valence-electron chi connectivity index (χ1n) is 9.11. The van der Waals surface area contributed by atoms with E-state index < -0.39 is 11.9 Å². The molecule has 7 nitrogen and oxygen atoms in total. The number of rotatable bonds is 5. The van der Waals surface area contributed by atoms with Crippen LogP contribution in [-0.2, 0) is 6.18 Å². The molecule has 0 spiro atoms. The monoisotopic (exact) mass is 424 g/mol. The fourth-order valence-corrected chi connectivity index (χ4v) is 2.93. The van der Waals surface area contributed by atoms with Crippen molar-refractivity contribution in [2.24, 2.45) is 0 Å². The molecule has 4 rings (SSSR count). The van der Waals surface area contributed by atoms with Crippen molar-refractivity contribution in [3.05, 3.63) is 79.0 Å². The van der Waals surface area contributed by atoms with Crippen LogP contribution in [0.4, 0.5) is 13.2 Å². The third-order valence-corrected chi connectivity index (χ3v) is 4.37. The summed E-state index contributed by atoms with van der Waals surface area (Å²) in [6.45, 7) is 3.87. The van der Waals surface area contributed by atoms with Crippen molar-refractivity contribution in [3.8, 4) is 17.1 Å². The van der Waals surface area contributed by atoms with E-state index in [-0.39, 0.29) is 17.1 Å². The van der Waals surface area contributed by atoms with E-state index in [9.17, 15) is 18.0 Å². The Hall–Kier alpha value is -4.08. The second-order valence-electron chi connectivity index (χ2n) is 6.48. The molecular weight excluding hydrogens is 409 g/mol. The number of nitrogens with one attached hydrogen (secondary N) is 1. The van der Waals surface area contributed by atoms with Gasteiger partial charge in [-0.1, -0.05) is 12.1 Å². The third-order valence-electron chi connectivity index (χ3n) is 4.37. The lowest BCUT2D eigenvalue weighted by atomic mass is 10.2. The summed E-state index contributed by atoms with van der Waals surface area (Å²) in [6, 6.07) is 8.64. The Balaban J connectivity index is 1.69. The van der Waals surface area contributed by atoms with Gasteiger partial charge in [-0.15, -0.1) is 6.58 Å². The zero-order valence-electron chi connectivity index (χ0n) is 16.0. The minimum absolute atomic E-state index is 0.149. The van der Waals surface area contributed by atoms with Crippen LogP contribution >= 0.6 is 0 Å². The lowest BCUT2D eigenvalue weighted by molar-refractivity contribution is -0.140. The SMILES string of the molecule is C=CCNC(=O)c1cccc(-c2cnn(-c3nccc4nc(C(F)(F)F)ccc34)c2)n1. The van der Waals surface area contributed by atoms with Gasteiger partial charge in [0, 0.05) is 29.9 Å². The summed E-state index contributed by atoms with van der Waals surface area (Å²) in [7, 11) is 0. The van der Waals surface area contributed by atoms with Crippen LogP contribution in [0.3, 0.4) is 0 Å². The van der Waals surface area contributed by atoms with E-state index in [2.05, 4.69) is 31.9 Å². The van der Waals surface area contributed by atoms with Gasteiger partial charge in [0.2, 0.25) is 0 Å². The van der Waals surface area contributed by atoms with E-state index in [4.69, 9.17) is 0 Å². The predicted octanol–water partition coefficient (Wildman–Crippen LogP) is 3.81. The van der Waals surface area contributed by atoms with Gasteiger partial charge in [0.15, 0.2) is 5.82 Å². The highest BCUT2D eigenvalue weighted by molar-refractivity contribution is 5.92. The summed E-state index contributed by atoms with van der Waals surface area (Å²) in [5.41, 5.74) is 0.525. The number of amides is 1. The molecule has 4 heterocycles. The van der Waals surface area contributed by atoms with Crippen molar-refractivity contribution in [2.75, 3.05) is 6.54 Å². The smallest absolute Gasteiger partial charge is 0.347 e. The second-order valence-corrected chi connectivity index (χ2v) is 6.48. The number of alkyl halides is 3. The first kappa shape index (κ1) is 20.2. The number of hydrogen-bond acceptors (Lipinski definition) is 5. The van der Waals surface area contributed by atoms with E-state index >= 15 is 0 Å². The Morgan fingerprint density at radius 3 is 2.77 bits per heavy atom. The average molecular weight is 424 g/mol. The molecule has 4 aromatic rings. The summed E-state index contributed by atoms with van der Waals surface area (Å²) in [4.78, 5) is 24.4. The van der Waals surface area contributed by atoms with Crippen molar-refractivity contribution in [1.82, 2.24) is 30.0 Å². The second kappa shape index (κ2) is 7.98. The Morgan fingerprint density at radius 2 is 2.00 bits per heavy atom. The molecule has 0 radical (unpaired) electrons. The van der Waals surface area contributed by atoms with Crippen LogP contribution in [0.5, 0.6) is 0 Å². The molecule has 0 aromatic carbocycles. The Labute approximate surface area is 174 Å². The van der Waals surface area contributed by atoms with E-state index in [1.165, 1.54) is 29.2 Å². The standard InChI is InChI=1S/C21H15F3N6O/c1-2-9-26-20(31)17-5-3-4-15(28-17)13-11-27-30(12-13)19-14-6-7-18(21(22,23)24)29-16(14)8-10-25-19/h2-8,10-12H,1,9H2,(H,26,31).